The maximum absolute atomic E-state index is 12.1. The smallest absolute Gasteiger partial charge is 0.344 e. The van der Waals surface area contributed by atoms with Gasteiger partial charge in [0.15, 0.2) is 13.2 Å². The Kier molecular flexibility index (Phi) is 7.13. The molecule has 0 unspecified atom stereocenters. The summed E-state index contributed by atoms with van der Waals surface area (Å²) >= 11 is 0. The lowest BCUT2D eigenvalue weighted by molar-refractivity contribution is -0.385. The van der Waals surface area contributed by atoms with Crippen LogP contribution >= 0.6 is 0 Å². The number of nitro groups is 1. The number of piperazine rings is 1. The molecule has 2 rings (SSSR count). The zero-order chi connectivity index (χ0) is 20.7. The summed E-state index contributed by atoms with van der Waals surface area (Å²) in [5, 5.41) is 10.8. The number of hydrogen-bond acceptors (Lipinski definition) is 8. The second-order valence-corrected chi connectivity index (χ2v) is 5.93. The van der Waals surface area contributed by atoms with Crippen molar-refractivity contribution < 1.29 is 33.5 Å². The van der Waals surface area contributed by atoms with E-state index in [1.165, 1.54) is 37.1 Å². The van der Waals surface area contributed by atoms with E-state index in [4.69, 9.17) is 14.2 Å². The van der Waals surface area contributed by atoms with Gasteiger partial charge in [-0.25, -0.2) is 4.79 Å². The molecule has 2 amide bonds. The molecule has 11 nitrogen and oxygen atoms in total. The predicted molar refractivity (Wildman–Crippen MR) is 94.9 cm³/mol. The van der Waals surface area contributed by atoms with Crippen LogP contribution in [-0.4, -0.2) is 79.0 Å². The van der Waals surface area contributed by atoms with Gasteiger partial charge in [-0.05, 0) is 6.07 Å². The van der Waals surface area contributed by atoms with Crippen LogP contribution in [0.1, 0.15) is 6.92 Å². The molecule has 1 aliphatic heterocycles. The van der Waals surface area contributed by atoms with E-state index in [0.29, 0.717) is 26.2 Å². The van der Waals surface area contributed by atoms with E-state index in [1.54, 1.807) is 4.90 Å². The van der Waals surface area contributed by atoms with Crippen molar-refractivity contribution >= 4 is 23.5 Å². The third-order valence-electron chi connectivity index (χ3n) is 4.14. The summed E-state index contributed by atoms with van der Waals surface area (Å²) in [7, 11) is 1.28. The normalized spacial score (nSPS) is 13.6. The van der Waals surface area contributed by atoms with Crippen LogP contribution < -0.4 is 9.47 Å². The standard InChI is InChI=1S/C17H21N3O8/c1-12(21)18-5-7-19(8-6-18)16(22)10-28-17(23)11-27-13-3-4-14(20(24)25)15(9-13)26-2/h3-4,9H,5-8,10-11H2,1-2H3. The molecule has 1 aromatic carbocycles. The first-order chi connectivity index (χ1) is 13.3. The summed E-state index contributed by atoms with van der Waals surface area (Å²) in [6.45, 7) is 2.24. The molecule has 1 fully saturated rings. The number of rotatable bonds is 7. The largest absolute Gasteiger partial charge is 0.490 e. The number of carbonyl (C=O) groups is 3. The minimum absolute atomic E-state index is 0.00394. The fourth-order valence-electron chi connectivity index (χ4n) is 2.59. The SMILES string of the molecule is COc1cc(OCC(=O)OCC(=O)N2CCN(C(C)=O)CC2)ccc1[N+](=O)[O-]. The molecule has 1 aliphatic rings. The number of hydrogen-bond donors (Lipinski definition) is 0. The average Bonchev–Trinajstić information content (AvgIpc) is 2.70. The molecule has 0 saturated carbocycles. The quantitative estimate of drug-likeness (QED) is 0.364. The highest BCUT2D eigenvalue weighted by Gasteiger charge is 2.23. The third-order valence-corrected chi connectivity index (χ3v) is 4.14. The van der Waals surface area contributed by atoms with Crippen LogP contribution in [0.5, 0.6) is 11.5 Å². The molecule has 1 aromatic rings. The maximum Gasteiger partial charge on any atom is 0.344 e. The summed E-state index contributed by atoms with van der Waals surface area (Å²) in [5.41, 5.74) is -0.229. The number of benzene rings is 1. The number of esters is 1. The van der Waals surface area contributed by atoms with Crippen molar-refractivity contribution in [1.82, 2.24) is 9.80 Å². The van der Waals surface area contributed by atoms with E-state index in [-0.39, 0.29) is 29.0 Å². The molecule has 0 N–H and O–H groups in total. The summed E-state index contributed by atoms with van der Waals surface area (Å²) in [6, 6.07) is 3.81. The molecular weight excluding hydrogens is 374 g/mol. The van der Waals surface area contributed by atoms with E-state index < -0.39 is 24.1 Å². The summed E-state index contributed by atoms with van der Waals surface area (Å²) in [4.78, 5) is 48.5. The highest BCUT2D eigenvalue weighted by Crippen LogP contribution is 2.30. The van der Waals surface area contributed by atoms with Gasteiger partial charge in [-0.15, -0.1) is 0 Å². The average molecular weight is 395 g/mol. The van der Waals surface area contributed by atoms with Crippen LogP contribution in [0.15, 0.2) is 18.2 Å². The minimum atomic E-state index is -0.756. The lowest BCUT2D eigenvalue weighted by Crippen LogP contribution is -2.51. The maximum atomic E-state index is 12.1. The van der Waals surface area contributed by atoms with Gasteiger partial charge >= 0.3 is 11.7 Å². The van der Waals surface area contributed by atoms with Crippen molar-refractivity contribution in [2.75, 3.05) is 46.5 Å². The first-order valence-corrected chi connectivity index (χ1v) is 8.46. The number of nitro benzene ring substituents is 1. The first-order valence-electron chi connectivity index (χ1n) is 8.46. The number of methoxy groups -OCH3 is 1. The van der Waals surface area contributed by atoms with Crippen molar-refractivity contribution in [3.63, 3.8) is 0 Å². The highest BCUT2D eigenvalue weighted by atomic mass is 16.6. The van der Waals surface area contributed by atoms with E-state index in [9.17, 15) is 24.5 Å². The van der Waals surface area contributed by atoms with E-state index >= 15 is 0 Å². The van der Waals surface area contributed by atoms with Crippen LogP contribution in [0, 0.1) is 10.1 Å². The van der Waals surface area contributed by atoms with Crippen LogP contribution in [0.25, 0.3) is 0 Å². The highest BCUT2D eigenvalue weighted by molar-refractivity contribution is 5.81. The Morgan fingerprint density at radius 3 is 2.32 bits per heavy atom. The molecular formula is C17H21N3O8. The van der Waals surface area contributed by atoms with Gasteiger partial charge in [-0.3, -0.25) is 19.7 Å². The molecule has 11 heteroatoms. The second kappa shape index (κ2) is 9.53. The summed E-state index contributed by atoms with van der Waals surface area (Å²) in [6.07, 6.45) is 0. The number of nitrogens with zero attached hydrogens (tertiary/aromatic N) is 3. The van der Waals surface area contributed by atoms with Gasteiger partial charge in [-0.1, -0.05) is 0 Å². The van der Waals surface area contributed by atoms with E-state index in [0.717, 1.165) is 0 Å². The van der Waals surface area contributed by atoms with Gasteiger partial charge in [-0.2, -0.15) is 0 Å². The minimum Gasteiger partial charge on any atom is -0.490 e. The molecule has 1 heterocycles. The second-order valence-electron chi connectivity index (χ2n) is 5.93. The Labute approximate surface area is 160 Å². The monoisotopic (exact) mass is 395 g/mol. The van der Waals surface area contributed by atoms with Crippen molar-refractivity contribution in [2.45, 2.75) is 6.92 Å². The summed E-state index contributed by atoms with van der Waals surface area (Å²) < 4.78 is 15.0. The first kappa shape index (κ1) is 20.9. The lowest BCUT2D eigenvalue weighted by atomic mass is 10.3. The molecule has 0 spiro atoms. The molecule has 0 atom stereocenters. The Hall–Kier alpha value is -3.37. The van der Waals surface area contributed by atoms with E-state index in [1.807, 2.05) is 0 Å². The Morgan fingerprint density at radius 2 is 1.75 bits per heavy atom. The fraction of sp³-hybridized carbons (Fsp3) is 0.471. The zero-order valence-electron chi connectivity index (χ0n) is 15.6. The molecule has 28 heavy (non-hydrogen) atoms. The number of carbonyl (C=O) groups excluding carboxylic acids is 3. The van der Waals surface area contributed by atoms with Gasteiger partial charge in [0, 0.05) is 45.2 Å². The molecule has 152 valence electrons. The Bertz CT molecular complexity index is 759. The van der Waals surface area contributed by atoms with Crippen LogP contribution in [0.3, 0.4) is 0 Å². The van der Waals surface area contributed by atoms with E-state index in [2.05, 4.69) is 0 Å². The Balaban J connectivity index is 1.76. The fourth-order valence-corrected chi connectivity index (χ4v) is 2.59. The Morgan fingerprint density at radius 1 is 1.11 bits per heavy atom. The van der Waals surface area contributed by atoms with Crippen molar-refractivity contribution in [3.05, 3.63) is 28.3 Å². The van der Waals surface area contributed by atoms with Gasteiger partial charge in [0.2, 0.25) is 11.7 Å². The van der Waals surface area contributed by atoms with Gasteiger partial charge < -0.3 is 24.0 Å². The number of amides is 2. The molecule has 0 aromatic heterocycles. The van der Waals surface area contributed by atoms with Crippen LogP contribution in [0.2, 0.25) is 0 Å². The van der Waals surface area contributed by atoms with Crippen LogP contribution in [0.4, 0.5) is 5.69 Å². The van der Waals surface area contributed by atoms with Crippen molar-refractivity contribution in [3.8, 4) is 11.5 Å². The van der Waals surface area contributed by atoms with Crippen LogP contribution in [-0.2, 0) is 19.1 Å². The third kappa shape index (κ3) is 5.56. The van der Waals surface area contributed by atoms with Crippen molar-refractivity contribution in [2.24, 2.45) is 0 Å². The molecule has 0 bridgehead atoms. The van der Waals surface area contributed by atoms with Gasteiger partial charge in [0.05, 0.1) is 12.0 Å². The predicted octanol–water partition coefficient (Wildman–Crippen LogP) is 0.216. The molecule has 1 saturated heterocycles. The van der Waals surface area contributed by atoms with Gasteiger partial charge in [0.25, 0.3) is 5.91 Å². The molecule has 0 radical (unpaired) electrons. The topological polar surface area (TPSA) is 129 Å². The summed E-state index contributed by atoms with van der Waals surface area (Å²) in [5.74, 6) is -0.970. The van der Waals surface area contributed by atoms with Crippen molar-refractivity contribution in [1.29, 1.82) is 0 Å². The van der Waals surface area contributed by atoms with Gasteiger partial charge in [0.1, 0.15) is 5.75 Å². The lowest BCUT2D eigenvalue weighted by Gasteiger charge is -2.34. The number of ether oxygens (including phenoxy) is 3. The zero-order valence-corrected chi connectivity index (χ0v) is 15.6. The molecule has 0 aliphatic carbocycles.